The van der Waals surface area contributed by atoms with Gasteiger partial charge >= 0.3 is 0 Å². The van der Waals surface area contributed by atoms with Crippen LogP contribution >= 0.6 is 23.5 Å². The number of hydrogen-bond donors (Lipinski definition) is 1. The second-order valence-electron chi connectivity index (χ2n) is 6.09. The monoisotopic (exact) mass is 423 g/mol. The summed E-state index contributed by atoms with van der Waals surface area (Å²) in [5.41, 5.74) is 8.99. The van der Waals surface area contributed by atoms with Crippen LogP contribution in [0.15, 0.2) is 24.3 Å². The number of hydrogen-bond acceptors (Lipinski definition) is 8. The first-order valence-corrected chi connectivity index (χ1v) is 10.6. The second kappa shape index (κ2) is 8.96. The van der Waals surface area contributed by atoms with Gasteiger partial charge in [-0.3, -0.25) is 0 Å². The summed E-state index contributed by atoms with van der Waals surface area (Å²) >= 11 is 3.74. The van der Waals surface area contributed by atoms with Crippen molar-refractivity contribution in [2.45, 2.75) is 9.83 Å². The molecule has 6 nitrogen and oxygen atoms in total. The maximum atomic E-state index is 6.16. The van der Waals surface area contributed by atoms with Crippen molar-refractivity contribution in [2.75, 3.05) is 47.0 Å². The van der Waals surface area contributed by atoms with Crippen LogP contribution in [0, 0.1) is 0 Å². The summed E-state index contributed by atoms with van der Waals surface area (Å²) in [7, 11) is 8.08. The lowest BCUT2D eigenvalue weighted by Gasteiger charge is -2.18. The molecule has 0 bridgehead atoms. The summed E-state index contributed by atoms with van der Waals surface area (Å²) in [6, 6.07) is 8.00. The molecule has 2 N–H and O–H groups in total. The molecule has 0 saturated carbocycles. The van der Waals surface area contributed by atoms with Crippen LogP contribution in [0.5, 0.6) is 28.7 Å². The van der Waals surface area contributed by atoms with Crippen LogP contribution < -0.4 is 29.4 Å². The van der Waals surface area contributed by atoms with Crippen molar-refractivity contribution in [3.8, 4) is 28.7 Å². The third kappa shape index (κ3) is 3.89. The molecule has 152 valence electrons. The molecule has 1 aliphatic heterocycles. The molecular weight excluding hydrogens is 398 g/mol. The minimum atomic E-state index is 0.242. The predicted octanol–water partition coefficient (Wildman–Crippen LogP) is 4.53. The number of nitrogen functional groups attached to an aromatic ring is 1. The van der Waals surface area contributed by atoms with E-state index in [0.717, 1.165) is 16.9 Å². The average Bonchev–Trinajstić information content (AvgIpc) is 3.22. The summed E-state index contributed by atoms with van der Waals surface area (Å²) in [6.07, 6.45) is 0. The van der Waals surface area contributed by atoms with Gasteiger partial charge in [-0.25, -0.2) is 0 Å². The number of thioether (sulfide) groups is 2. The lowest BCUT2D eigenvalue weighted by atomic mass is 10.1. The van der Waals surface area contributed by atoms with Gasteiger partial charge in [0, 0.05) is 11.0 Å². The van der Waals surface area contributed by atoms with Crippen molar-refractivity contribution in [1.29, 1.82) is 0 Å². The standard InChI is InChI=1S/C20H25NO5S2/c1-22-14-9-12(6-13(21)18(14)25-4)20-27-10-17(28-20)11-7-15(23-2)19(26-5)16(8-11)24-3/h6-9,17,20H,10,21H2,1-5H3. The number of benzene rings is 2. The van der Waals surface area contributed by atoms with Crippen molar-refractivity contribution in [3.05, 3.63) is 35.4 Å². The van der Waals surface area contributed by atoms with Gasteiger partial charge < -0.3 is 29.4 Å². The van der Waals surface area contributed by atoms with Crippen molar-refractivity contribution < 1.29 is 23.7 Å². The maximum absolute atomic E-state index is 6.16. The fourth-order valence-electron chi connectivity index (χ4n) is 3.19. The zero-order valence-corrected chi connectivity index (χ0v) is 18.2. The largest absolute Gasteiger partial charge is 0.493 e. The van der Waals surface area contributed by atoms with E-state index in [0.29, 0.717) is 34.4 Å². The summed E-state index contributed by atoms with van der Waals surface area (Å²) in [4.78, 5) is 0. The molecule has 28 heavy (non-hydrogen) atoms. The molecule has 2 aromatic carbocycles. The Kier molecular flexibility index (Phi) is 6.61. The number of rotatable bonds is 7. The van der Waals surface area contributed by atoms with Crippen molar-refractivity contribution in [2.24, 2.45) is 0 Å². The summed E-state index contributed by atoms with van der Waals surface area (Å²) in [6.45, 7) is 0. The Hall–Kier alpha value is -2.06. The van der Waals surface area contributed by atoms with Gasteiger partial charge in [-0.05, 0) is 35.4 Å². The van der Waals surface area contributed by atoms with Gasteiger partial charge in [-0.1, -0.05) is 0 Å². The van der Waals surface area contributed by atoms with E-state index >= 15 is 0 Å². The van der Waals surface area contributed by atoms with E-state index in [4.69, 9.17) is 29.4 Å². The Morgan fingerprint density at radius 2 is 1.29 bits per heavy atom. The lowest BCUT2D eigenvalue weighted by molar-refractivity contribution is 0.324. The maximum Gasteiger partial charge on any atom is 0.203 e. The van der Waals surface area contributed by atoms with Crippen molar-refractivity contribution in [1.82, 2.24) is 0 Å². The topological polar surface area (TPSA) is 72.2 Å². The summed E-state index contributed by atoms with van der Waals surface area (Å²) in [5, 5.41) is 0.290. The van der Waals surface area contributed by atoms with E-state index in [2.05, 4.69) is 0 Å². The second-order valence-corrected chi connectivity index (χ2v) is 8.84. The van der Waals surface area contributed by atoms with Crippen LogP contribution in [0.4, 0.5) is 5.69 Å². The van der Waals surface area contributed by atoms with Gasteiger partial charge in [-0.15, -0.1) is 23.5 Å². The highest BCUT2D eigenvalue weighted by Gasteiger charge is 2.31. The highest BCUT2D eigenvalue weighted by Crippen LogP contribution is 2.58. The average molecular weight is 424 g/mol. The van der Waals surface area contributed by atoms with Crippen LogP contribution in [-0.2, 0) is 0 Å². The van der Waals surface area contributed by atoms with Crippen molar-refractivity contribution >= 4 is 29.2 Å². The third-order valence-electron chi connectivity index (χ3n) is 4.55. The van der Waals surface area contributed by atoms with Crippen LogP contribution in [-0.4, -0.2) is 41.3 Å². The Morgan fingerprint density at radius 1 is 0.750 bits per heavy atom. The Morgan fingerprint density at radius 3 is 1.82 bits per heavy atom. The highest BCUT2D eigenvalue weighted by atomic mass is 32.2. The van der Waals surface area contributed by atoms with Gasteiger partial charge in [-0.2, -0.15) is 0 Å². The number of anilines is 1. The molecule has 2 atom stereocenters. The molecule has 2 unspecified atom stereocenters. The predicted molar refractivity (Wildman–Crippen MR) is 116 cm³/mol. The molecule has 0 radical (unpaired) electrons. The van der Waals surface area contributed by atoms with E-state index < -0.39 is 0 Å². The smallest absolute Gasteiger partial charge is 0.203 e. The van der Waals surface area contributed by atoms with Gasteiger partial charge in [0.2, 0.25) is 5.75 Å². The van der Waals surface area contributed by atoms with E-state index in [9.17, 15) is 0 Å². The molecule has 0 amide bonds. The van der Waals surface area contributed by atoms with Crippen molar-refractivity contribution in [3.63, 3.8) is 0 Å². The summed E-state index contributed by atoms with van der Waals surface area (Å²) < 4.78 is 27.4. The normalized spacial score (nSPS) is 18.6. The molecule has 2 aromatic rings. The number of nitrogens with two attached hydrogens (primary N) is 1. The van der Waals surface area contributed by atoms with Crippen LogP contribution in [0.3, 0.4) is 0 Å². The lowest BCUT2D eigenvalue weighted by Crippen LogP contribution is -2.00. The van der Waals surface area contributed by atoms with E-state index in [1.54, 1.807) is 35.5 Å². The molecule has 1 heterocycles. The first-order valence-electron chi connectivity index (χ1n) is 8.64. The van der Waals surface area contributed by atoms with Gasteiger partial charge in [0.1, 0.15) is 0 Å². The molecule has 0 aromatic heterocycles. The summed E-state index contributed by atoms with van der Waals surface area (Å²) in [5.74, 6) is 4.12. The minimum absolute atomic E-state index is 0.242. The Balaban J connectivity index is 1.87. The van der Waals surface area contributed by atoms with E-state index in [-0.39, 0.29) is 9.83 Å². The number of methoxy groups -OCH3 is 5. The SMILES string of the molecule is COc1cc(C2SCC(c3cc(OC)c(OC)c(OC)c3)S2)cc(N)c1OC. The fraction of sp³-hybridized carbons (Fsp3) is 0.400. The first kappa shape index (κ1) is 20.7. The van der Waals surface area contributed by atoms with Crippen LogP contribution in [0.25, 0.3) is 0 Å². The van der Waals surface area contributed by atoms with Crippen LogP contribution in [0.2, 0.25) is 0 Å². The van der Waals surface area contributed by atoms with Gasteiger partial charge in [0.05, 0.1) is 45.8 Å². The quantitative estimate of drug-likeness (QED) is 0.651. The molecular formula is C20H25NO5S2. The third-order valence-corrected chi connectivity index (χ3v) is 7.89. The molecule has 1 aliphatic rings. The molecule has 8 heteroatoms. The van der Waals surface area contributed by atoms with E-state index in [1.807, 2.05) is 47.8 Å². The molecule has 1 saturated heterocycles. The van der Waals surface area contributed by atoms with E-state index in [1.165, 1.54) is 0 Å². The molecule has 0 aliphatic carbocycles. The molecule has 1 fully saturated rings. The zero-order valence-electron chi connectivity index (χ0n) is 16.6. The fourth-order valence-corrected chi connectivity index (χ4v) is 6.45. The molecule has 3 rings (SSSR count). The first-order chi connectivity index (χ1) is 13.6. The van der Waals surface area contributed by atoms with Gasteiger partial charge in [0.25, 0.3) is 0 Å². The number of ether oxygens (including phenoxy) is 5. The van der Waals surface area contributed by atoms with Gasteiger partial charge in [0.15, 0.2) is 23.0 Å². The zero-order chi connectivity index (χ0) is 20.3. The highest BCUT2D eigenvalue weighted by molar-refractivity contribution is 8.19. The Bertz CT molecular complexity index is 821. The van der Waals surface area contributed by atoms with Crippen LogP contribution in [0.1, 0.15) is 21.0 Å². The molecule has 0 spiro atoms. The Labute approximate surface area is 174 Å². The minimum Gasteiger partial charge on any atom is -0.493 e.